The van der Waals surface area contributed by atoms with Crippen LogP contribution in [0.15, 0.2) is 23.3 Å². The van der Waals surface area contributed by atoms with Gasteiger partial charge in [-0.25, -0.2) is 0 Å². The summed E-state index contributed by atoms with van der Waals surface area (Å²) < 4.78 is 0. The topological polar surface area (TPSA) is 69.6 Å². The van der Waals surface area contributed by atoms with E-state index in [0.29, 0.717) is 19.1 Å². The predicted octanol–water partition coefficient (Wildman–Crippen LogP) is 1.99. The number of amides is 1. The highest BCUT2D eigenvalue weighted by molar-refractivity contribution is 5.80. The Morgan fingerprint density at radius 1 is 1.35 bits per heavy atom. The fourth-order valence-electron chi connectivity index (χ4n) is 2.68. The van der Waals surface area contributed by atoms with Crippen molar-refractivity contribution in [1.82, 2.24) is 20.5 Å². The summed E-state index contributed by atoms with van der Waals surface area (Å²) in [5, 5.41) is 6.12. The number of rotatable bonds is 13. The number of nitrogens with zero attached hydrogens (tertiary/aromatic N) is 3. The molecular formula is C20H33N5O. The molecule has 0 aliphatic heterocycles. The monoisotopic (exact) mass is 359 g/mol. The third kappa shape index (κ3) is 8.54. The van der Waals surface area contributed by atoms with Crippen molar-refractivity contribution in [2.24, 2.45) is 4.99 Å². The van der Waals surface area contributed by atoms with Crippen LogP contribution in [0, 0.1) is 0 Å². The van der Waals surface area contributed by atoms with Gasteiger partial charge >= 0.3 is 0 Å². The minimum atomic E-state index is 0.0410. The highest BCUT2D eigenvalue weighted by Gasteiger charge is 2.18. The van der Waals surface area contributed by atoms with Gasteiger partial charge in [0, 0.05) is 25.5 Å². The first kappa shape index (κ1) is 20.5. The maximum Gasteiger partial charge on any atom is 0.233 e. The Kier molecular flexibility index (Phi) is 9.28. The van der Waals surface area contributed by atoms with Gasteiger partial charge in [-0.1, -0.05) is 13.8 Å². The lowest BCUT2D eigenvalue weighted by Gasteiger charge is -2.17. The average Bonchev–Trinajstić information content (AvgIpc) is 3.48. The van der Waals surface area contributed by atoms with E-state index in [1.807, 2.05) is 18.3 Å². The van der Waals surface area contributed by atoms with Crippen molar-refractivity contribution in [3.8, 4) is 0 Å². The van der Waals surface area contributed by atoms with E-state index in [1.54, 1.807) is 6.20 Å². The molecule has 0 atom stereocenters. The Morgan fingerprint density at radius 2 is 2.15 bits per heavy atom. The molecule has 1 aromatic heterocycles. The largest absolute Gasteiger partial charge is 0.355 e. The summed E-state index contributed by atoms with van der Waals surface area (Å²) in [6, 6.07) is 4.50. The lowest BCUT2D eigenvalue weighted by atomic mass is 10.2. The molecule has 1 fully saturated rings. The number of carbonyl (C=O) groups is 1. The predicted molar refractivity (Wildman–Crippen MR) is 107 cm³/mol. The zero-order valence-electron chi connectivity index (χ0n) is 16.2. The van der Waals surface area contributed by atoms with Gasteiger partial charge in [-0.15, -0.1) is 0 Å². The quantitative estimate of drug-likeness (QED) is 0.417. The van der Waals surface area contributed by atoms with Gasteiger partial charge in [-0.2, -0.15) is 0 Å². The molecule has 1 saturated carbocycles. The SMILES string of the molecule is CCN(CC)CCCCNC(=O)CNCc1cc(C=NC2CC2)ccn1. The van der Waals surface area contributed by atoms with Crippen LogP contribution in [0.25, 0.3) is 0 Å². The highest BCUT2D eigenvalue weighted by Crippen LogP contribution is 2.23. The maximum atomic E-state index is 11.9. The lowest BCUT2D eigenvalue weighted by Crippen LogP contribution is -2.34. The number of carbonyl (C=O) groups excluding carboxylic acids is 1. The van der Waals surface area contributed by atoms with Gasteiger partial charge in [0.05, 0.1) is 18.3 Å². The molecule has 2 rings (SSSR count). The average molecular weight is 360 g/mol. The molecule has 0 bridgehead atoms. The zero-order chi connectivity index (χ0) is 18.6. The summed E-state index contributed by atoms with van der Waals surface area (Å²) in [5.74, 6) is 0.0410. The van der Waals surface area contributed by atoms with E-state index in [-0.39, 0.29) is 5.91 Å². The second-order valence-electron chi connectivity index (χ2n) is 6.78. The second kappa shape index (κ2) is 11.8. The molecule has 144 valence electrons. The fourth-order valence-corrected chi connectivity index (χ4v) is 2.68. The summed E-state index contributed by atoms with van der Waals surface area (Å²) in [7, 11) is 0. The van der Waals surface area contributed by atoms with Crippen molar-refractivity contribution >= 4 is 12.1 Å². The van der Waals surface area contributed by atoms with Gasteiger partial charge in [-0.3, -0.25) is 14.8 Å². The van der Waals surface area contributed by atoms with Crippen LogP contribution in [0.2, 0.25) is 0 Å². The maximum absolute atomic E-state index is 11.9. The summed E-state index contributed by atoms with van der Waals surface area (Å²) in [6.07, 6.45) is 8.27. The number of pyridine rings is 1. The van der Waals surface area contributed by atoms with Gasteiger partial charge in [-0.05, 0) is 63.0 Å². The molecule has 1 aliphatic rings. The van der Waals surface area contributed by atoms with Gasteiger partial charge in [0.15, 0.2) is 0 Å². The van der Waals surface area contributed by atoms with E-state index in [9.17, 15) is 4.79 Å². The highest BCUT2D eigenvalue weighted by atomic mass is 16.1. The molecule has 1 heterocycles. The number of hydrogen-bond acceptors (Lipinski definition) is 5. The van der Waals surface area contributed by atoms with Crippen molar-refractivity contribution in [1.29, 1.82) is 0 Å². The zero-order valence-corrected chi connectivity index (χ0v) is 16.2. The molecule has 0 unspecified atom stereocenters. The fraction of sp³-hybridized carbons (Fsp3) is 0.650. The number of aromatic nitrogens is 1. The van der Waals surface area contributed by atoms with Crippen LogP contribution in [0.3, 0.4) is 0 Å². The molecule has 1 aliphatic carbocycles. The lowest BCUT2D eigenvalue weighted by molar-refractivity contribution is -0.120. The van der Waals surface area contributed by atoms with Crippen molar-refractivity contribution in [2.45, 2.75) is 52.1 Å². The van der Waals surface area contributed by atoms with E-state index in [4.69, 9.17) is 0 Å². The molecular weight excluding hydrogens is 326 g/mol. The van der Waals surface area contributed by atoms with Crippen molar-refractivity contribution < 1.29 is 4.79 Å². The minimum absolute atomic E-state index is 0.0410. The number of unbranched alkanes of at least 4 members (excludes halogenated alkanes) is 1. The summed E-state index contributed by atoms with van der Waals surface area (Å²) >= 11 is 0. The Morgan fingerprint density at radius 3 is 2.88 bits per heavy atom. The van der Waals surface area contributed by atoms with Crippen LogP contribution >= 0.6 is 0 Å². The Balaban J connectivity index is 1.56. The van der Waals surface area contributed by atoms with E-state index in [1.165, 1.54) is 12.8 Å². The third-order valence-corrected chi connectivity index (χ3v) is 4.53. The van der Waals surface area contributed by atoms with Crippen molar-refractivity contribution in [3.05, 3.63) is 29.6 Å². The smallest absolute Gasteiger partial charge is 0.233 e. The van der Waals surface area contributed by atoms with Crippen LogP contribution < -0.4 is 10.6 Å². The standard InChI is InChI=1S/C20H33N5O/c1-3-25(4-2)12-6-5-10-23-20(26)16-21-15-19-13-17(9-11-22-19)14-24-18-7-8-18/h9,11,13-14,18,21H,3-8,10,12,15-16H2,1-2H3,(H,23,26). The van der Waals surface area contributed by atoms with Gasteiger partial charge in [0.1, 0.15) is 0 Å². The van der Waals surface area contributed by atoms with Gasteiger partial charge < -0.3 is 15.5 Å². The summed E-state index contributed by atoms with van der Waals surface area (Å²) in [6.45, 7) is 9.30. The molecule has 0 radical (unpaired) electrons. The Hall–Kier alpha value is -1.79. The third-order valence-electron chi connectivity index (χ3n) is 4.53. The van der Waals surface area contributed by atoms with Crippen LogP contribution in [0.4, 0.5) is 0 Å². The van der Waals surface area contributed by atoms with E-state index >= 15 is 0 Å². The summed E-state index contributed by atoms with van der Waals surface area (Å²) in [5.41, 5.74) is 2.00. The van der Waals surface area contributed by atoms with Crippen molar-refractivity contribution in [3.63, 3.8) is 0 Å². The van der Waals surface area contributed by atoms with Crippen LogP contribution in [-0.2, 0) is 11.3 Å². The number of nitrogens with one attached hydrogen (secondary N) is 2. The molecule has 1 aromatic rings. The van der Waals surface area contributed by atoms with E-state index in [2.05, 4.69) is 39.4 Å². The minimum Gasteiger partial charge on any atom is -0.355 e. The molecule has 26 heavy (non-hydrogen) atoms. The molecule has 6 nitrogen and oxygen atoms in total. The van der Waals surface area contributed by atoms with Crippen LogP contribution in [0.5, 0.6) is 0 Å². The Bertz CT molecular complexity index is 567. The summed E-state index contributed by atoms with van der Waals surface area (Å²) in [4.78, 5) is 23.1. The molecule has 0 aromatic carbocycles. The van der Waals surface area contributed by atoms with E-state index < -0.39 is 0 Å². The molecule has 2 N–H and O–H groups in total. The van der Waals surface area contributed by atoms with E-state index in [0.717, 1.165) is 50.3 Å². The second-order valence-corrected chi connectivity index (χ2v) is 6.78. The first-order chi connectivity index (χ1) is 12.7. The van der Waals surface area contributed by atoms with Crippen molar-refractivity contribution in [2.75, 3.05) is 32.7 Å². The first-order valence-electron chi connectivity index (χ1n) is 9.89. The van der Waals surface area contributed by atoms with Crippen LogP contribution in [-0.4, -0.2) is 60.8 Å². The van der Waals surface area contributed by atoms with Gasteiger partial charge in [0.25, 0.3) is 0 Å². The molecule has 6 heteroatoms. The van der Waals surface area contributed by atoms with Crippen LogP contribution in [0.1, 0.15) is 50.8 Å². The Labute approximate surface area is 157 Å². The molecule has 1 amide bonds. The first-order valence-corrected chi connectivity index (χ1v) is 9.89. The van der Waals surface area contributed by atoms with Gasteiger partial charge in [0.2, 0.25) is 5.91 Å². The number of hydrogen-bond donors (Lipinski definition) is 2. The normalized spacial score (nSPS) is 14.3. The molecule has 0 spiro atoms. The molecule has 0 saturated heterocycles. The number of aliphatic imine (C=N–C) groups is 1.